The van der Waals surface area contributed by atoms with E-state index in [1.54, 1.807) is 24.3 Å². The first kappa shape index (κ1) is 16.3. The normalized spacial score (nSPS) is 18.5. The predicted molar refractivity (Wildman–Crippen MR) is 87.7 cm³/mol. The molecule has 1 saturated heterocycles. The lowest BCUT2D eigenvalue weighted by molar-refractivity contribution is 0.159. The maximum atomic E-state index is 11.8. The molecule has 1 aromatic rings. The monoisotopic (exact) mass is 300 g/mol. The highest BCUT2D eigenvalue weighted by Gasteiger charge is 2.17. The van der Waals surface area contributed by atoms with Gasteiger partial charge in [0.2, 0.25) is 0 Å². The van der Waals surface area contributed by atoms with Crippen LogP contribution in [0, 0.1) is 11.3 Å². The Morgan fingerprint density at radius 2 is 2.14 bits per heavy atom. The van der Waals surface area contributed by atoms with Gasteiger partial charge in [-0.3, -0.25) is 0 Å². The van der Waals surface area contributed by atoms with Crippen molar-refractivity contribution in [3.63, 3.8) is 0 Å². The minimum Gasteiger partial charge on any atom is -0.338 e. The fourth-order valence-corrected chi connectivity index (χ4v) is 2.78. The van der Waals surface area contributed by atoms with E-state index >= 15 is 0 Å². The Morgan fingerprint density at radius 3 is 2.82 bits per heavy atom. The third-order valence-electron chi connectivity index (χ3n) is 4.12. The molecule has 0 spiro atoms. The van der Waals surface area contributed by atoms with Crippen molar-refractivity contribution in [1.29, 1.82) is 5.26 Å². The van der Waals surface area contributed by atoms with Gasteiger partial charge in [0.25, 0.3) is 0 Å². The van der Waals surface area contributed by atoms with Gasteiger partial charge >= 0.3 is 6.03 Å². The number of likely N-dealkylation sites (tertiary alicyclic amines) is 1. The molecule has 0 aliphatic carbocycles. The fraction of sp³-hybridized carbons (Fsp3) is 0.529. The molecule has 1 aliphatic heterocycles. The Kier molecular flexibility index (Phi) is 6.23. The Labute approximate surface area is 132 Å². The predicted octanol–water partition coefficient (Wildman–Crippen LogP) is 2.94. The molecule has 1 unspecified atom stereocenters. The van der Waals surface area contributed by atoms with Crippen LogP contribution in [-0.2, 0) is 0 Å². The van der Waals surface area contributed by atoms with E-state index in [4.69, 9.17) is 5.26 Å². The molecule has 0 aromatic heterocycles. The van der Waals surface area contributed by atoms with E-state index in [2.05, 4.69) is 28.5 Å². The first-order valence-electron chi connectivity index (χ1n) is 7.98. The molecule has 22 heavy (non-hydrogen) atoms. The topological polar surface area (TPSA) is 68.2 Å². The Hall–Kier alpha value is -2.06. The van der Waals surface area contributed by atoms with Crippen LogP contribution in [-0.4, -0.2) is 36.6 Å². The van der Waals surface area contributed by atoms with Gasteiger partial charge in [-0.2, -0.15) is 5.26 Å². The first-order chi connectivity index (χ1) is 10.7. The van der Waals surface area contributed by atoms with E-state index < -0.39 is 0 Å². The van der Waals surface area contributed by atoms with Crippen LogP contribution in [0.4, 0.5) is 10.5 Å². The number of nitrogens with zero attached hydrogens (tertiary/aromatic N) is 2. The van der Waals surface area contributed by atoms with E-state index in [1.807, 2.05) is 0 Å². The number of nitriles is 1. The van der Waals surface area contributed by atoms with Crippen LogP contribution in [0.5, 0.6) is 0 Å². The minimum atomic E-state index is -0.198. The van der Waals surface area contributed by atoms with Crippen molar-refractivity contribution < 1.29 is 4.79 Å². The molecule has 0 radical (unpaired) electrons. The van der Waals surface area contributed by atoms with Gasteiger partial charge in [-0.1, -0.05) is 6.42 Å². The highest BCUT2D eigenvalue weighted by Crippen LogP contribution is 2.16. The Morgan fingerprint density at radius 1 is 1.36 bits per heavy atom. The maximum Gasteiger partial charge on any atom is 0.319 e. The summed E-state index contributed by atoms with van der Waals surface area (Å²) in [5.41, 5.74) is 1.28. The van der Waals surface area contributed by atoms with Crippen LogP contribution >= 0.6 is 0 Å². The van der Waals surface area contributed by atoms with E-state index in [9.17, 15) is 4.79 Å². The van der Waals surface area contributed by atoms with Crippen LogP contribution in [0.25, 0.3) is 0 Å². The van der Waals surface area contributed by atoms with Gasteiger partial charge in [0.05, 0.1) is 11.6 Å². The maximum absolute atomic E-state index is 11.8. The summed E-state index contributed by atoms with van der Waals surface area (Å²) >= 11 is 0. The summed E-state index contributed by atoms with van der Waals surface area (Å²) in [5, 5.41) is 14.4. The molecule has 2 N–H and O–H groups in total. The summed E-state index contributed by atoms with van der Waals surface area (Å²) in [5.74, 6) is 0. The lowest BCUT2D eigenvalue weighted by Crippen LogP contribution is -2.39. The Bertz CT molecular complexity index is 520. The summed E-state index contributed by atoms with van der Waals surface area (Å²) < 4.78 is 0. The van der Waals surface area contributed by atoms with Crippen LogP contribution in [0.2, 0.25) is 0 Å². The molecule has 0 saturated carbocycles. The largest absolute Gasteiger partial charge is 0.338 e. The number of piperidine rings is 1. The van der Waals surface area contributed by atoms with Crippen molar-refractivity contribution in [2.24, 2.45) is 0 Å². The number of benzene rings is 1. The molecular weight excluding hydrogens is 276 g/mol. The number of amides is 2. The van der Waals surface area contributed by atoms with Crippen molar-refractivity contribution in [2.45, 2.75) is 38.6 Å². The molecule has 118 valence electrons. The average molecular weight is 300 g/mol. The SMILES string of the molecule is CC1CCCCN1CCCNC(=O)Nc1ccc(C#N)cc1. The van der Waals surface area contributed by atoms with Crippen LogP contribution in [0.15, 0.2) is 24.3 Å². The summed E-state index contributed by atoms with van der Waals surface area (Å²) in [6.45, 7) is 5.17. The van der Waals surface area contributed by atoms with Crippen molar-refractivity contribution >= 4 is 11.7 Å². The Balaban J connectivity index is 1.64. The second kappa shape index (κ2) is 8.40. The van der Waals surface area contributed by atoms with Crippen LogP contribution < -0.4 is 10.6 Å². The third kappa shape index (κ3) is 5.05. The zero-order valence-electron chi connectivity index (χ0n) is 13.1. The zero-order valence-corrected chi connectivity index (χ0v) is 13.1. The van der Waals surface area contributed by atoms with Crippen molar-refractivity contribution in [3.05, 3.63) is 29.8 Å². The van der Waals surface area contributed by atoms with Gasteiger partial charge in [0.1, 0.15) is 0 Å². The van der Waals surface area contributed by atoms with E-state index in [-0.39, 0.29) is 6.03 Å². The lowest BCUT2D eigenvalue weighted by atomic mass is 10.0. The smallest absolute Gasteiger partial charge is 0.319 e. The second-order valence-electron chi connectivity index (χ2n) is 5.80. The van der Waals surface area contributed by atoms with Gasteiger partial charge in [0, 0.05) is 24.8 Å². The molecule has 1 aliphatic rings. The van der Waals surface area contributed by atoms with E-state index in [0.29, 0.717) is 23.8 Å². The van der Waals surface area contributed by atoms with Gasteiger partial charge in [-0.25, -0.2) is 4.79 Å². The standard InChI is InChI=1S/C17H24N4O/c1-14-5-2-3-11-21(14)12-4-10-19-17(22)20-16-8-6-15(13-18)7-9-16/h6-9,14H,2-5,10-12H2,1H3,(H2,19,20,22). The molecule has 1 heterocycles. The molecular formula is C17H24N4O. The van der Waals surface area contributed by atoms with Gasteiger partial charge in [-0.05, 0) is 57.0 Å². The molecule has 1 fully saturated rings. The molecule has 2 rings (SSSR count). The molecule has 1 atom stereocenters. The lowest BCUT2D eigenvalue weighted by Gasteiger charge is -2.33. The zero-order chi connectivity index (χ0) is 15.8. The number of urea groups is 1. The van der Waals surface area contributed by atoms with Crippen molar-refractivity contribution in [1.82, 2.24) is 10.2 Å². The number of rotatable bonds is 5. The highest BCUT2D eigenvalue weighted by atomic mass is 16.2. The van der Waals surface area contributed by atoms with Gasteiger partial charge < -0.3 is 15.5 Å². The quantitative estimate of drug-likeness (QED) is 0.822. The highest BCUT2D eigenvalue weighted by molar-refractivity contribution is 5.89. The third-order valence-corrected chi connectivity index (χ3v) is 4.12. The summed E-state index contributed by atoms with van der Waals surface area (Å²) in [7, 11) is 0. The fourth-order valence-electron chi connectivity index (χ4n) is 2.78. The summed E-state index contributed by atoms with van der Waals surface area (Å²) in [6.07, 6.45) is 4.87. The number of carbonyl (C=O) groups excluding carboxylic acids is 1. The number of nitrogens with one attached hydrogen (secondary N) is 2. The molecule has 2 amide bonds. The van der Waals surface area contributed by atoms with Crippen molar-refractivity contribution in [2.75, 3.05) is 25.0 Å². The first-order valence-corrected chi connectivity index (χ1v) is 7.98. The van der Waals surface area contributed by atoms with Gasteiger partial charge in [-0.15, -0.1) is 0 Å². The number of hydrogen-bond acceptors (Lipinski definition) is 3. The average Bonchev–Trinajstić information content (AvgIpc) is 2.54. The molecule has 1 aromatic carbocycles. The summed E-state index contributed by atoms with van der Waals surface area (Å²) in [6, 6.07) is 9.36. The van der Waals surface area contributed by atoms with Crippen LogP contribution in [0.1, 0.15) is 38.2 Å². The number of carbonyl (C=O) groups is 1. The van der Waals surface area contributed by atoms with Gasteiger partial charge in [0.15, 0.2) is 0 Å². The van der Waals surface area contributed by atoms with Crippen LogP contribution in [0.3, 0.4) is 0 Å². The van der Waals surface area contributed by atoms with Crippen molar-refractivity contribution in [3.8, 4) is 6.07 Å². The second-order valence-corrected chi connectivity index (χ2v) is 5.80. The van der Waals surface area contributed by atoms with E-state index in [1.165, 1.54) is 25.8 Å². The molecule has 5 heteroatoms. The minimum absolute atomic E-state index is 0.198. The van der Waals surface area contributed by atoms with E-state index in [0.717, 1.165) is 13.0 Å². The molecule has 5 nitrogen and oxygen atoms in total. The molecule has 0 bridgehead atoms. The number of anilines is 1. The number of hydrogen-bond donors (Lipinski definition) is 2. The summed E-state index contributed by atoms with van der Waals surface area (Å²) in [4.78, 5) is 14.3.